The number of hydrogen-bond donors (Lipinski definition) is 2. The van der Waals surface area contributed by atoms with Crippen LogP contribution in [0.5, 0.6) is 0 Å². The highest BCUT2D eigenvalue weighted by molar-refractivity contribution is 5.81. The Balaban J connectivity index is 3.98. The van der Waals surface area contributed by atoms with Crippen LogP contribution in [0.25, 0.3) is 0 Å². The minimum absolute atomic E-state index is 0.0509. The SMILES string of the molecule is CCN[C@H](C(=O)NC)C(C)C. The van der Waals surface area contributed by atoms with Crippen LogP contribution in [0.2, 0.25) is 0 Å². The molecular weight excluding hydrogens is 140 g/mol. The minimum atomic E-state index is -0.0509. The molecule has 0 unspecified atom stereocenters. The van der Waals surface area contributed by atoms with Gasteiger partial charge in [-0.3, -0.25) is 4.79 Å². The number of nitrogens with one attached hydrogen (secondary N) is 2. The van der Waals surface area contributed by atoms with Crippen molar-refractivity contribution >= 4 is 5.91 Å². The van der Waals surface area contributed by atoms with Crippen molar-refractivity contribution in [2.45, 2.75) is 26.8 Å². The summed E-state index contributed by atoms with van der Waals surface area (Å²) in [4.78, 5) is 11.2. The molecule has 0 bridgehead atoms. The van der Waals surface area contributed by atoms with Crippen molar-refractivity contribution in [1.82, 2.24) is 10.6 Å². The third kappa shape index (κ3) is 3.37. The molecule has 0 radical (unpaired) electrons. The van der Waals surface area contributed by atoms with Crippen LogP contribution in [-0.2, 0) is 4.79 Å². The Kier molecular flexibility index (Phi) is 4.86. The van der Waals surface area contributed by atoms with Gasteiger partial charge in [-0.25, -0.2) is 0 Å². The van der Waals surface area contributed by atoms with Crippen LogP contribution in [0.15, 0.2) is 0 Å². The van der Waals surface area contributed by atoms with Gasteiger partial charge in [-0.15, -0.1) is 0 Å². The van der Waals surface area contributed by atoms with Crippen molar-refractivity contribution in [3.63, 3.8) is 0 Å². The summed E-state index contributed by atoms with van der Waals surface area (Å²) in [5.41, 5.74) is 0. The molecule has 0 aromatic rings. The van der Waals surface area contributed by atoms with Crippen molar-refractivity contribution in [3.05, 3.63) is 0 Å². The van der Waals surface area contributed by atoms with E-state index in [1.165, 1.54) is 0 Å². The summed E-state index contributed by atoms with van der Waals surface area (Å²) in [5.74, 6) is 0.414. The molecule has 66 valence electrons. The lowest BCUT2D eigenvalue weighted by atomic mass is 10.0. The van der Waals surface area contributed by atoms with Gasteiger partial charge >= 0.3 is 0 Å². The Hall–Kier alpha value is -0.570. The molecule has 3 heteroatoms. The van der Waals surface area contributed by atoms with Crippen molar-refractivity contribution in [1.29, 1.82) is 0 Å². The van der Waals surface area contributed by atoms with E-state index >= 15 is 0 Å². The molecule has 0 saturated heterocycles. The highest BCUT2D eigenvalue weighted by Gasteiger charge is 2.18. The van der Waals surface area contributed by atoms with Crippen molar-refractivity contribution in [2.75, 3.05) is 13.6 Å². The first-order chi connectivity index (χ1) is 5.13. The summed E-state index contributed by atoms with van der Waals surface area (Å²) in [5, 5.41) is 5.75. The molecule has 0 heterocycles. The van der Waals surface area contributed by atoms with Crippen LogP contribution >= 0.6 is 0 Å². The van der Waals surface area contributed by atoms with Crippen LogP contribution in [0.1, 0.15) is 20.8 Å². The molecule has 11 heavy (non-hydrogen) atoms. The van der Waals surface area contributed by atoms with E-state index in [1.54, 1.807) is 7.05 Å². The lowest BCUT2D eigenvalue weighted by Crippen LogP contribution is -2.46. The second kappa shape index (κ2) is 5.13. The first-order valence-corrected chi connectivity index (χ1v) is 4.08. The van der Waals surface area contributed by atoms with E-state index in [9.17, 15) is 4.79 Å². The molecule has 3 nitrogen and oxygen atoms in total. The average molecular weight is 158 g/mol. The standard InChI is InChI=1S/C8H18N2O/c1-5-10-7(6(2)3)8(11)9-4/h6-7,10H,5H2,1-4H3,(H,9,11)/t7-/m0/s1. The summed E-state index contributed by atoms with van der Waals surface area (Å²) in [7, 11) is 1.66. The Labute approximate surface area is 68.6 Å². The largest absolute Gasteiger partial charge is 0.358 e. The average Bonchev–Trinajstić information content (AvgIpc) is 1.98. The monoisotopic (exact) mass is 158 g/mol. The van der Waals surface area contributed by atoms with Gasteiger partial charge < -0.3 is 10.6 Å². The van der Waals surface area contributed by atoms with Crippen LogP contribution in [0, 0.1) is 5.92 Å². The van der Waals surface area contributed by atoms with E-state index in [0.717, 1.165) is 6.54 Å². The summed E-state index contributed by atoms with van der Waals surface area (Å²) in [6.45, 7) is 6.89. The van der Waals surface area contributed by atoms with E-state index in [2.05, 4.69) is 10.6 Å². The normalized spacial score (nSPS) is 13.2. The van der Waals surface area contributed by atoms with Crippen molar-refractivity contribution in [3.8, 4) is 0 Å². The van der Waals surface area contributed by atoms with Gasteiger partial charge in [0.1, 0.15) is 0 Å². The van der Waals surface area contributed by atoms with Gasteiger partial charge in [-0.05, 0) is 12.5 Å². The topological polar surface area (TPSA) is 41.1 Å². The van der Waals surface area contributed by atoms with Crippen LogP contribution in [0.3, 0.4) is 0 Å². The molecule has 2 N–H and O–H groups in total. The Bertz CT molecular complexity index is 123. The van der Waals surface area contributed by atoms with Crippen molar-refractivity contribution in [2.24, 2.45) is 5.92 Å². The van der Waals surface area contributed by atoms with E-state index in [1.807, 2.05) is 20.8 Å². The first kappa shape index (κ1) is 10.4. The van der Waals surface area contributed by atoms with E-state index < -0.39 is 0 Å². The second-order valence-corrected chi connectivity index (χ2v) is 2.89. The predicted octanol–water partition coefficient (Wildman–Crippen LogP) is 0.366. The van der Waals surface area contributed by atoms with E-state index in [-0.39, 0.29) is 11.9 Å². The summed E-state index contributed by atoms with van der Waals surface area (Å²) >= 11 is 0. The number of hydrogen-bond acceptors (Lipinski definition) is 2. The fourth-order valence-corrected chi connectivity index (χ4v) is 1.01. The zero-order valence-corrected chi connectivity index (χ0v) is 7.77. The number of amides is 1. The van der Waals surface area contributed by atoms with Gasteiger partial charge in [0.15, 0.2) is 0 Å². The quantitative estimate of drug-likeness (QED) is 0.620. The third-order valence-corrected chi connectivity index (χ3v) is 1.62. The molecule has 0 saturated carbocycles. The van der Waals surface area contributed by atoms with E-state index in [0.29, 0.717) is 5.92 Å². The zero-order valence-electron chi connectivity index (χ0n) is 7.77. The predicted molar refractivity (Wildman–Crippen MR) is 46.4 cm³/mol. The number of carbonyl (C=O) groups excluding carboxylic acids is 1. The molecule has 1 atom stereocenters. The van der Waals surface area contributed by atoms with E-state index in [4.69, 9.17) is 0 Å². The van der Waals surface area contributed by atoms with Gasteiger partial charge in [0.25, 0.3) is 0 Å². The first-order valence-electron chi connectivity index (χ1n) is 4.08. The zero-order chi connectivity index (χ0) is 8.85. The van der Waals surface area contributed by atoms with Crippen LogP contribution < -0.4 is 10.6 Å². The molecule has 0 rings (SSSR count). The Morgan fingerprint density at radius 1 is 1.45 bits per heavy atom. The van der Waals surface area contributed by atoms with Gasteiger partial charge in [0.2, 0.25) is 5.91 Å². The minimum Gasteiger partial charge on any atom is -0.358 e. The molecule has 0 aromatic carbocycles. The molecule has 0 aliphatic heterocycles. The number of rotatable bonds is 4. The van der Waals surface area contributed by atoms with Gasteiger partial charge in [0.05, 0.1) is 6.04 Å². The maximum absolute atomic E-state index is 11.2. The van der Waals surface area contributed by atoms with Gasteiger partial charge in [-0.2, -0.15) is 0 Å². The molecule has 0 fully saturated rings. The highest BCUT2D eigenvalue weighted by atomic mass is 16.2. The third-order valence-electron chi connectivity index (χ3n) is 1.62. The second-order valence-electron chi connectivity index (χ2n) is 2.89. The number of likely N-dealkylation sites (N-methyl/N-ethyl adjacent to an activating group) is 2. The van der Waals surface area contributed by atoms with Crippen LogP contribution in [-0.4, -0.2) is 25.5 Å². The maximum Gasteiger partial charge on any atom is 0.237 e. The fraction of sp³-hybridized carbons (Fsp3) is 0.875. The van der Waals surface area contributed by atoms with Crippen LogP contribution in [0.4, 0.5) is 0 Å². The molecule has 0 aliphatic carbocycles. The summed E-state index contributed by atoms with van der Waals surface area (Å²) < 4.78 is 0. The maximum atomic E-state index is 11.2. The lowest BCUT2D eigenvalue weighted by Gasteiger charge is -2.19. The van der Waals surface area contributed by atoms with Crippen molar-refractivity contribution < 1.29 is 4.79 Å². The Morgan fingerprint density at radius 3 is 2.27 bits per heavy atom. The fourth-order valence-electron chi connectivity index (χ4n) is 1.01. The number of carbonyl (C=O) groups is 1. The molecular formula is C8H18N2O. The smallest absolute Gasteiger partial charge is 0.237 e. The Morgan fingerprint density at radius 2 is 2.00 bits per heavy atom. The molecule has 0 spiro atoms. The van der Waals surface area contributed by atoms with Gasteiger partial charge in [0, 0.05) is 7.05 Å². The summed E-state index contributed by atoms with van der Waals surface area (Å²) in [6.07, 6.45) is 0. The lowest BCUT2D eigenvalue weighted by molar-refractivity contribution is -0.123. The molecule has 0 aromatic heterocycles. The highest BCUT2D eigenvalue weighted by Crippen LogP contribution is 2.00. The molecule has 1 amide bonds. The summed E-state index contributed by atoms with van der Waals surface area (Å²) in [6, 6.07) is -0.0509. The van der Waals surface area contributed by atoms with Gasteiger partial charge in [-0.1, -0.05) is 20.8 Å². The molecule has 0 aliphatic rings.